The lowest BCUT2D eigenvalue weighted by atomic mass is 9.94. The van der Waals surface area contributed by atoms with E-state index in [9.17, 15) is 0 Å². The molecule has 1 aliphatic heterocycles. The van der Waals surface area contributed by atoms with Gasteiger partial charge >= 0.3 is 0 Å². The first-order valence-corrected chi connectivity index (χ1v) is 7.04. The van der Waals surface area contributed by atoms with Crippen LogP contribution in [-0.4, -0.2) is 44.3 Å². The molecule has 0 aromatic heterocycles. The molecule has 1 aliphatic rings. The monoisotopic (exact) mass is 262 g/mol. The minimum atomic E-state index is 0.181. The summed E-state index contributed by atoms with van der Waals surface area (Å²) < 4.78 is 5.30. The topological polar surface area (TPSA) is 38.5 Å². The fraction of sp³-hybridized carbons (Fsp3) is 0.625. The standard InChI is InChI=1S/C16H26N2O/c1-16(2,12-19-3)11-18-9-14(15(17)10-18)13-7-5-4-6-8-13/h4-8,14-15H,9-12,17H2,1-3H3/t14-,15+/m0/s1. The highest BCUT2D eigenvalue weighted by Crippen LogP contribution is 2.29. The van der Waals surface area contributed by atoms with Crippen molar-refractivity contribution >= 4 is 0 Å². The van der Waals surface area contributed by atoms with Gasteiger partial charge in [0.25, 0.3) is 0 Å². The van der Waals surface area contributed by atoms with Gasteiger partial charge < -0.3 is 15.4 Å². The van der Waals surface area contributed by atoms with Crippen LogP contribution in [0.5, 0.6) is 0 Å². The quantitative estimate of drug-likeness (QED) is 0.883. The molecule has 1 saturated heterocycles. The first-order valence-electron chi connectivity index (χ1n) is 7.04. The number of methoxy groups -OCH3 is 1. The first kappa shape index (κ1) is 14.5. The molecule has 2 N–H and O–H groups in total. The van der Waals surface area contributed by atoms with E-state index in [2.05, 4.69) is 49.1 Å². The molecule has 0 unspecified atom stereocenters. The minimum absolute atomic E-state index is 0.181. The highest BCUT2D eigenvalue weighted by molar-refractivity contribution is 5.23. The molecule has 0 amide bonds. The highest BCUT2D eigenvalue weighted by Gasteiger charge is 2.33. The normalized spacial score (nSPS) is 24.8. The Kier molecular flexibility index (Phi) is 4.61. The molecule has 1 aromatic carbocycles. The molecule has 2 atom stereocenters. The third-order valence-electron chi connectivity index (χ3n) is 3.86. The molecule has 19 heavy (non-hydrogen) atoms. The summed E-state index contributed by atoms with van der Waals surface area (Å²) in [6.07, 6.45) is 0. The Morgan fingerprint density at radius 2 is 1.95 bits per heavy atom. The maximum Gasteiger partial charge on any atom is 0.0525 e. The van der Waals surface area contributed by atoms with Crippen molar-refractivity contribution < 1.29 is 4.74 Å². The zero-order valence-corrected chi connectivity index (χ0v) is 12.3. The fourth-order valence-electron chi connectivity index (χ4n) is 3.14. The molecule has 1 fully saturated rings. The lowest BCUT2D eigenvalue weighted by Gasteiger charge is -2.29. The van der Waals surface area contributed by atoms with E-state index < -0.39 is 0 Å². The van der Waals surface area contributed by atoms with E-state index in [0.29, 0.717) is 5.92 Å². The molecule has 0 bridgehead atoms. The number of rotatable bonds is 5. The molecule has 1 aromatic rings. The van der Waals surface area contributed by atoms with Crippen LogP contribution in [-0.2, 0) is 4.74 Å². The molecule has 1 heterocycles. The van der Waals surface area contributed by atoms with Gasteiger partial charge in [-0.25, -0.2) is 0 Å². The predicted molar refractivity (Wildman–Crippen MR) is 79.3 cm³/mol. The third kappa shape index (κ3) is 3.78. The van der Waals surface area contributed by atoms with Crippen molar-refractivity contribution in [2.75, 3.05) is 33.4 Å². The predicted octanol–water partition coefficient (Wildman–Crippen LogP) is 2.09. The SMILES string of the molecule is COCC(C)(C)CN1C[C@@H](N)[C@H](c2ccccc2)C1. The fourth-order valence-corrected chi connectivity index (χ4v) is 3.14. The molecule has 3 heteroatoms. The maximum atomic E-state index is 6.32. The van der Waals surface area contributed by atoms with Crippen molar-refractivity contribution in [1.29, 1.82) is 0 Å². The summed E-state index contributed by atoms with van der Waals surface area (Å²) in [6.45, 7) is 8.35. The van der Waals surface area contributed by atoms with Crippen molar-refractivity contribution in [2.45, 2.75) is 25.8 Å². The second kappa shape index (κ2) is 6.04. The zero-order chi connectivity index (χ0) is 13.9. The number of benzene rings is 1. The van der Waals surface area contributed by atoms with Gasteiger partial charge in [0.2, 0.25) is 0 Å². The van der Waals surface area contributed by atoms with Gasteiger partial charge in [-0.1, -0.05) is 44.2 Å². The average molecular weight is 262 g/mol. The smallest absolute Gasteiger partial charge is 0.0525 e. The van der Waals surface area contributed by atoms with E-state index in [0.717, 1.165) is 26.2 Å². The van der Waals surface area contributed by atoms with Crippen LogP contribution >= 0.6 is 0 Å². The van der Waals surface area contributed by atoms with Crippen LogP contribution in [0.15, 0.2) is 30.3 Å². The van der Waals surface area contributed by atoms with Crippen LogP contribution in [0.3, 0.4) is 0 Å². The summed E-state index contributed by atoms with van der Waals surface area (Å²) >= 11 is 0. The van der Waals surface area contributed by atoms with Crippen molar-refractivity contribution in [2.24, 2.45) is 11.1 Å². The molecule has 0 aliphatic carbocycles. The Balaban J connectivity index is 1.98. The van der Waals surface area contributed by atoms with Gasteiger partial charge in [0, 0.05) is 44.1 Å². The lowest BCUT2D eigenvalue weighted by Crippen LogP contribution is -2.37. The van der Waals surface area contributed by atoms with E-state index in [1.807, 2.05) is 0 Å². The summed E-state index contributed by atoms with van der Waals surface area (Å²) in [5, 5.41) is 0. The molecule has 3 nitrogen and oxygen atoms in total. The van der Waals surface area contributed by atoms with Gasteiger partial charge in [-0.2, -0.15) is 0 Å². The second-order valence-corrected chi connectivity index (χ2v) is 6.47. The molecule has 2 rings (SSSR count). The Morgan fingerprint density at radius 1 is 1.26 bits per heavy atom. The van der Waals surface area contributed by atoms with Crippen LogP contribution < -0.4 is 5.73 Å². The largest absolute Gasteiger partial charge is 0.384 e. The van der Waals surface area contributed by atoms with E-state index in [1.165, 1.54) is 5.56 Å². The number of hydrogen-bond donors (Lipinski definition) is 1. The Labute approximate surface area is 116 Å². The summed E-state index contributed by atoms with van der Waals surface area (Å²) in [6, 6.07) is 10.9. The van der Waals surface area contributed by atoms with Crippen molar-refractivity contribution in [3.8, 4) is 0 Å². The Bertz CT molecular complexity index is 391. The van der Waals surface area contributed by atoms with Crippen LogP contribution in [0.1, 0.15) is 25.3 Å². The van der Waals surface area contributed by atoms with Crippen molar-refractivity contribution in [1.82, 2.24) is 4.90 Å². The molecular formula is C16H26N2O. The molecule has 0 spiro atoms. The number of ether oxygens (including phenoxy) is 1. The molecule has 0 radical (unpaired) electrons. The van der Waals surface area contributed by atoms with E-state index in [1.54, 1.807) is 7.11 Å². The highest BCUT2D eigenvalue weighted by atomic mass is 16.5. The summed E-state index contributed by atoms with van der Waals surface area (Å²) in [4.78, 5) is 2.47. The Morgan fingerprint density at radius 3 is 2.58 bits per heavy atom. The Hall–Kier alpha value is -0.900. The van der Waals surface area contributed by atoms with E-state index in [4.69, 9.17) is 10.5 Å². The van der Waals surface area contributed by atoms with Crippen LogP contribution in [0.4, 0.5) is 0 Å². The summed E-state index contributed by atoms with van der Waals surface area (Å²) in [7, 11) is 1.77. The number of nitrogens with two attached hydrogens (primary N) is 1. The van der Waals surface area contributed by atoms with E-state index in [-0.39, 0.29) is 11.5 Å². The molecular weight excluding hydrogens is 236 g/mol. The summed E-state index contributed by atoms with van der Waals surface area (Å²) in [5.41, 5.74) is 7.86. The molecule has 0 saturated carbocycles. The lowest BCUT2D eigenvalue weighted by molar-refractivity contribution is 0.0762. The van der Waals surface area contributed by atoms with Crippen LogP contribution in [0, 0.1) is 5.41 Å². The third-order valence-corrected chi connectivity index (χ3v) is 3.86. The average Bonchev–Trinajstić information content (AvgIpc) is 2.70. The summed E-state index contributed by atoms with van der Waals surface area (Å²) in [5.74, 6) is 0.458. The van der Waals surface area contributed by atoms with Crippen LogP contribution in [0.2, 0.25) is 0 Å². The zero-order valence-electron chi connectivity index (χ0n) is 12.3. The van der Waals surface area contributed by atoms with Crippen molar-refractivity contribution in [3.05, 3.63) is 35.9 Å². The first-order chi connectivity index (χ1) is 9.02. The van der Waals surface area contributed by atoms with Crippen LogP contribution in [0.25, 0.3) is 0 Å². The van der Waals surface area contributed by atoms with Gasteiger partial charge in [0.15, 0.2) is 0 Å². The number of hydrogen-bond acceptors (Lipinski definition) is 3. The number of nitrogens with zero attached hydrogens (tertiary/aromatic N) is 1. The second-order valence-electron chi connectivity index (χ2n) is 6.47. The molecule has 106 valence electrons. The number of likely N-dealkylation sites (tertiary alicyclic amines) is 1. The van der Waals surface area contributed by atoms with Gasteiger partial charge in [0.05, 0.1) is 6.61 Å². The van der Waals surface area contributed by atoms with E-state index >= 15 is 0 Å². The van der Waals surface area contributed by atoms with Gasteiger partial charge in [-0.3, -0.25) is 0 Å². The minimum Gasteiger partial charge on any atom is -0.384 e. The van der Waals surface area contributed by atoms with Crippen molar-refractivity contribution in [3.63, 3.8) is 0 Å². The van der Waals surface area contributed by atoms with Gasteiger partial charge in [0.1, 0.15) is 0 Å². The van der Waals surface area contributed by atoms with Gasteiger partial charge in [-0.05, 0) is 5.56 Å². The van der Waals surface area contributed by atoms with Gasteiger partial charge in [-0.15, -0.1) is 0 Å². The maximum absolute atomic E-state index is 6.32.